The van der Waals surface area contributed by atoms with Gasteiger partial charge in [0.15, 0.2) is 51.8 Å². The van der Waals surface area contributed by atoms with Crippen molar-refractivity contribution < 1.29 is 46.9 Å². The zero-order valence-corrected chi connectivity index (χ0v) is 38.4. The number of hydrogen-bond donors (Lipinski definition) is 1. The molecule has 13 heteroatoms. The Balaban J connectivity index is 0.000000379. The Hall–Kier alpha value is -2.85. The molecular formula is C41H70O10Si3. The molecule has 0 aliphatic carbocycles. The summed E-state index contributed by atoms with van der Waals surface area (Å²) in [5.74, 6) is 1.14. The molecule has 2 aromatic carbocycles. The number of rotatable bonds is 9. The number of fused-ring (bicyclic) bond motifs is 2. The van der Waals surface area contributed by atoms with Crippen LogP contribution in [0.25, 0.3) is 0 Å². The minimum Gasteiger partial charge on any atom is -0.516 e. The third-order valence-electron chi connectivity index (χ3n) is 11.6. The van der Waals surface area contributed by atoms with E-state index in [4.69, 9.17) is 32.2 Å². The zero-order chi connectivity index (χ0) is 40.5. The second-order valence-corrected chi connectivity index (χ2v) is 33.2. The predicted octanol–water partition coefficient (Wildman–Crippen LogP) is 10.8. The fraction of sp³-hybridized carbons (Fsp3) is 0.659. The van der Waals surface area contributed by atoms with Crippen LogP contribution in [0.3, 0.4) is 0 Å². The van der Waals surface area contributed by atoms with Gasteiger partial charge >= 0.3 is 11.9 Å². The van der Waals surface area contributed by atoms with Crippen LogP contribution in [-0.4, -0.2) is 80.6 Å². The highest BCUT2D eigenvalue weighted by molar-refractivity contribution is 6.75. The molecule has 2 aliphatic heterocycles. The van der Waals surface area contributed by atoms with E-state index >= 15 is 0 Å². The number of carboxylic acid groups (broad SMARTS) is 1. The fourth-order valence-electron chi connectivity index (χ4n) is 4.71. The van der Waals surface area contributed by atoms with Crippen LogP contribution in [0.5, 0.6) is 23.0 Å². The smallest absolute Gasteiger partial charge is 0.336 e. The first-order valence-corrected chi connectivity index (χ1v) is 27.3. The van der Waals surface area contributed by atoms with Gasteiger partial charge in [0, 0.05) is 11.1 Å². The van der Waals surface area contributed by atoms with Gasteiger partial charge < -0.3 is 37.3 Å². The molecule has 0 aromatic heterocycles. The Labute approximate surface area is 328 Å². The summed E-state index contributed by atoms with van der Waals surface area (Å²) in [6.45, 7) is 38.0. The topological polar surface area (TPSA) is 119 Å². The van der Waals surface area contributed by atoms with Crippen LogP contribution in [0.1, 0.15) is 102 Å². The molecule has 2 aliphatic rings. The lowest BCUT2D eigenvalue weighted by molar-refractivity contribution is 0.0480. The van der Waals surface area contributed by atoms with E-state index in [9.17, 15) is 14.7 Å². The third-order valence-corrected chi connectivity index (χ3v) is 24.9. The molecule has 4 rings (SSSR count). The van der Waals surface area contributed by atoms with Crippen molar-refractivity contribution in [3.8, 4) is 23.0 Å². The Kier molecular flexibility index (Phi) is 15.0. The first-order chi connectivity index (χ1) is 24.0. The van der Waals surface area contributed by atoms with Gasteiger partial charge in [0.05, 0.1) is 24.3 Å². The van der Waals surface area contributed by atoms with Crippen molar-refractivity contribution in [3.05, 3.63) is 46.5 Å². The molecule has 2 heterocycles. The summed E-state index contributed by atoms with van der Waals surface area (Å²) in [5.41, 5.74) is 2.12. The van der Waals surface area contributed by atoms with Crippen LogP contribution in [-0.2, 0) is 13.3 Å². The number of carbonyl (C=O) groups excluding carboxylic acids is 1. The molecule has 306 valence electrons. The lowest BCUT2D eigenvalue weighted by Gasteiger charge is -2.38. The van der Waals surface area contributed by atoms with Gasteiger partial charge in [-0.05, 0) is 92.5 Å². The summed E-state index contributed by atoms with van der Waals surface area (Å²) in [7, 11) is -5.94. The van der Waals surface area contributed by atoms with Crippen LogP contribution >= 0.6 is 0 Å². The molecule has 10 nitrogen and oxygen atoms in total. The second-order valence-electron chi connectivity index (χ2n) is 18.8. The van der Waals surface area contributed by atoms with E-state index in [1.165, 1.54) is 0 Å². The summed E-state index contributed by atoms with van der Waals surface area (Å²) in [6, 6.07) is 6.78. The standard InChI is InChI=1S/C23H40O5Si2.C17H26O5Si.CH4/c1-16-18(21(24)28-30(10,11)23(5,6)7)12-13-19-20(16)27-17(14-25-19)15-26-29(8,9)22(2,3)4;1-11-13(16(18)19)7-8-14-15(11)22-12(9-20-14)10-21-23(5,6)17(2,3)4;/h12-13,17H,14-15H2,1-11H3;7-8,12H,9-10H2,1-6H3,(H,18,19);1H4/t17-;12-;/m11./s1. The van der Waals surface area contributed by atoms with E-state index in [1.54, 1.807) is 31.2 Å². The van der Waals surface area contributed by atoms with Gasteiger partial charge in [0.25, 0.3) is 8.32 Å². The van der Waals surface area contributed by atoms with Gasteiger partial charge in [-0.3, -0.25) is 0 Å². The lowest BCUT2D eigenvalue weighted by Crippen LogP contribution is -2.45. The number of carboxylic acids is 1. The van der Waals surface area contributed by atoms with Gasteiger partial charge in [-0.1, -0.05) is 69.7 Å². The van der Waals surface area contributed by atoms with E-state index < -0.39 is 30.9 Å². The maximum Gasteiger partial charge on any atom is 0.336 e. The number of ether oxygens (including phenoxy) is 4. The SMILES string of the molecule is C.Cc1c(C(=O)O)ccc2c1O[C@@H](CO[Si](C)(C)C(C)(C)C)CO2.Cc1c(C(=O)O[Si](C)(C)C(C)(C)C)ccc2c1O[C@@H](CO[Si](C)(C)C(C)(C)C)CO2. The minimum absolute atomic E-state index is 0. The lowest BCUT2D eigenvalue weighted by atomic mass is 10.1. The maximum absolute atomic E-state index is 13.0. The van der Waals surface area contributed by atoms with Crippen molar-refractivity contribution in [1.82, 2.24) is 0 Å². The number of carbonyl (C=O) groups is 2. The average Bonchev–Trinajstić information content (AvgIpc) is 3.01. The van der Waals surface area contributed by atoms with E-state index in [1.807, 2.05) is 6.92 Å². The Morgan fingerprint density at radius 1 is 0.648 bits per heavy atom. The van der Waals surface area contributed by atoms with Crippen molar-refractivity contribution in [2.24, 2.45) is 0 Å². The molecule has 0 fully saturated rings. The molecule has 54 heavy (non-hydrogen) atoms. The van der Waals surface area contributed by atoms with Gasteiger partial charge in [0.2, 0.25) is 0 Å². The molecular weight excluding hydrogens is 737 g/mol. The highest BCUT2D eigenvalue weighted by Crippen LogP contribution is 2.42. The van der Waals surface area contributed by atoms with Crippen molar-refractivity contribution in [2.75, 3.05) is 26.4 Å². The summed E-state index contributed by atoms with van der Waals surface area (Å²) < 4.78 is 42.4. The predicted molar refractivity (Wildman–Crippen MR) is 225 cm³/mol. The van der Waals surface area contributed by atoms with E-state index in [0.29, 0.717) is 60.6 Å². The molecule has 2 atom stereocenters. The third kappa shape index (κ3) is 11.1. The van der Waals surface area contributed by atoms with Crippen molar-refractivity contribution in [2.45, 2.75) is 150 Å². The van der Waals surface area contributed by atoms with Gasteiger partial charge in [0.1, 0.15) is 13.2 Å². The largest absolute Gasteiger partial charge is 0.516 e. The molecule has 2 aromatic rings. The van der Waals surface area contributed by atoms with Crippen molar-refractivity contribution in [3.63, 3.8) is 0 Å². The summed E-state index contributed by atoms with van der Waals surface area (Å²) in [6.07, 6.45) is -0.420. The van der Waals surface area contributed by atoms with E-state index in [-0.39, 0.29) is 46.3 Å². The van der Waals surface area contributed by atoms with Crippen molar-refractivity contribution >= 4 is 36.9 Å². The molecule has 0 unspecified atom stereocenters. The van der Waals surface area contributed by atoms with Crippen LogP contribution in [0.2, 0.25) is 54.4 Å². The molecule has 0 radical (unpaired) electrons. The minimum atomic E-state index is -2.21. The first kappa shape index (κ1) is 47.3. The maximum atomic E-state index is 13.0. The molecule has 0 saturated heterocycles. The Morgan fingerprint density at radius 2 is 1.00 bits per heavy atom. The summed E-state index contributed by atoms with van der Waals surface area (Å²) >= 11 is 0. The van der Waals surface area contributed by atoms with Gasteiger partial charge in [-0.15, -0.1) is 0 Å². The van der Waals surface area contributed by atoms with Gasteiger partial charge in [-0.25, -0.2) is 9.59 Å². The van der Waals surface area contributed by atoms with Crippen LogP contribution in [0.4, 0.5) is 0 Å². The van der Waals surface area contributed by atoms with Crippen LogP contribution in [0, 0.1) is 13.8 Å². The first-order valence-electron chi connectivity index (χ1n) is 18.6. The van der Waals surface area contributed by atoms with Crippen LogP contribution < -0.4 is 18.9 Å². The highest BCUT2D eigenvalue weighted by Gasteiger charge is 2.42. The average molecular weight is 807 g/mol. The monoisotopic (exact) mass is 806 g/mol. The van der Waals surface area contributed by atoms with E-state index in [0.717, 1.165) is 5.56 Å². The normalized spacial score (nSPS) is 17.4. The number of benzene rings is 2. The molecule has 1 N–H and O–H groups in total. The second kappa shape index (κ2) is 17.1. The van der Waals surface area contributed by atoms with Gasteiger partial charge in [-0.2, -0.15) is 0 Å². The number of aromatic carboxylic acids is 1. The highest BCUT2D eigenvalue weighted by atomic mass is 28.4. The van der Waals surface area contributed by atoms with Crippen LogP contribution in [0.15, 0.2) is 24.3 Å². The Morgan fingerprint density at radius 3 is 1.35 bits per heavy atom. The fourth-order valence-corrected chi connectivity index (χ4v) is 7.66. The molecule has 0 bridgehead atoms. The zero-order valence-electron chi connectivity index (χ0n) is 35.4. The molecule has 0 amide bonds. The molecule has 0 saturated carbocycles. The van der Waals surface area contributed by atoms with E-state index in [2.05, 4.69) is 102 Å². The quantitative estimate of drug-likeness (QED) is 0.245. The summed E-state index contributed by atoms with van der Waals surface area (Å²) in [5, 5.41) is 9.44. The number of hydrogen-bond acceptors (Lipinski definition) is 9. The summed E-state index contributed by atoms with van der Waals surface area (Å²) in [4.78, 5) is 24.2. The Bertz CT molecular complexity index is 1630. The van der Waals surface area contributed by atoms with Crippen molar-refractivity contribution in [1.29, 1.82) is 0 Å². The molecule has 0 spiro atoms.